The molecular formula is C19H24N4OS. The molecule has 1 saturated heterocycles. The summed E-state index contributed by atoms with van der Waals surface area (Å²) in [5.41, 5.74) is 5.67. The molecule has 1 atom stereocenters. The summed E-state index contributed by atoms with van der Waals surface area (Å²) in [5.74, 6) is 0. The van der Waals surface area contributed by atoms with Gasteiger partial charge in [0.05, 0.1) is 11.4 Å². The number of nitrogens with one attached hydrogen (secondary N) is 1. The van der Waals surface area contributed by atoms with Gasteiger partial charge in [-0.25, -0.2) is 4.94 Å². The van der Waals surface area contributed by atoms with Crippen LogP contribution in [0.2, 0.25) is 0 Å². The van der Waals surface area contributed by atoms with Crippen LogP contribution in [0.3, 0.4) is 0 Å². The molecule has 0 aliphatic carbocycles. The maximum absolute atomic E-state index is 5.88. The van der Waals surface area contributed by atoms with E-state index in [0.29, 0.717) is 0 Å². The first-order valence-electron chi connectivity index (χ1n) is 8.73. The summed E-state index contributed by atoms with van der Waals surface area (Å²) in [7, 11) is 2.15. The van der Waals surface area contributed by atoms with Gasteiger partial charge in [-0.3, -0.25) is 0 Å². The van der Waals surface area contributed by atoms with Crippen molar-refractivity contribution in [3.05, 3.63) is 48.5 Å². The van der Waals surface area contributed by atoms with Gasteiger partial charge in [0.25, 0.3) is 0 Å². The van der Waals surface area contributed by atoms with Crippen molar-refractivity contribution in [3.8, 4) is 0 Å². The topological polar surface area (TPSA) is 31.0 Å². The molecule has 0 aromatic heterocycles. The monoisotopic (exact) mass is 356 g/mol. The minimum absolute atomic E-state index is 0.0165. The van der Waals surface area contributed by atoms with E-state index in [1.807, 2.05) is 16.8 Å². The van der Waals surface area contributed by atoms with E-state index < -0.39 is 0 Å². The Morgan fingerprint density at radius 1 is 0.920 bits per heavy atom. The number of hydroxylamine groups is 3. The molecule has 4 rings (SSSR count). The van der Waals surface area contributed by atoms with Crippen LogP contribution in [0.4, 0.5) is 11.4 Å². The predicted molar refractivity (Wildman–Crippen MR) is 102 cm³/mol. The van der Waals surface area contributed by atoms with Crippen LogP contribution in [0, 0.1) is 0 Å². The molecule has 1 unspecified atom stereocenters. The molecule has 25 heavy (non-hydrogen) atoms. The van der Waals surface area contributed by atoms with Crippen LogP contribution in [0.5, 0.6) is 0 Å². The van der Waals surface area contributed by atoms with Crippen LogP contribution >= 0.6 is 11.8 Å². The molecule has 2 heterocycles. The lowest BCUT2D eigenvalue weighted by Gasteiger charge is -2.38. The Bertz CT molecular complexity index is 687. The molecule has 0 spiro atoms. The normalized spacial score (nSPS) is 19.4. The van der Waals surface area contributed by atoms with Crippen molar-refractivity contribution in [3.63, 3.8) is 0 Å². The Morgan fingerprint density at radius 2 is 1.48 bits per heavy atom. The summed E-state index contributed by atoms with van der Waals surface area (Å²) in [4.78, 5) is 13.1. The van der Waals surface area contributed by atoms with Crippen LogP contribution in [0.25, 0.3) is 0 Å². The molecule has 2 aromatic rings. The molecule has 0 amide bonds. The van der Waals surface area contributed by atoms with Gasteiger partial charge < -0.3 is 9.80 Å². The van der Waals surface area contributed by atoms with Gasteiger partial charge >= 0.3 is 0 Å². The molecule has 0 saturated carbocycles. The molecule has 2 aliphatic heterocycles. The second-order valence-corrected chi connectivity index (χ2v) is 7.61. The average molecular weight is 356 g/mol. The molecule has 132 valence electrons. The molecule has 0 bridgehead atoms. The van der Waals surface area contributed by atoms with Gasteiger partial charge in [0, 0.05) is 36.0 Å². The molecule has 1 N–H and O–H groups in total. The first-order valence-corrected chi connectivity index (χ1v) is 9.55. The summed E-state index contributed by atoms with van der Waals surface area (Å²) >= 11 is 1.82. The van der Waals surface area contributed by atoms with Crippen molar-refractivity contribution in [2.75, 3.05) is 38.1 Å². The lowest BCUT2D eigenvalue weighted by atomic mass is 10.2. The van der Waals surface area contributed by atoms with Crippen LogP contribution in [0.1, 0.15) is 6.92 Å². The lowest BCUT2D eigenvalue weighted by molar-refractivity contribution is -0.229. The Balaban J connectivity index is 1.52. The quantitative estimate of drug-likeness (QED) is 0.846. The number of likely N-dealkylation sites (N-methyl/N-ethyl adjacent to an activating group) is 1. The second-order valence-electron chi connectivity index (χ2n) is 6.52. The van der Waals surface area contributed by atoms with Gasteiger partial charge in [-0.2, -0.15) is 10.5 Å². The number of piperazine rings is 1. The van der Waals surface area contributed by atoms with Crippen LogP contribution < -0.4 is 10.4 Å². The third-order valence-electron chi connectivity index (χ3n) is 4.67. The van der Waals surface area contributed by atoms with Crippen molar-refractivity contribution >= 4 is 23.1 Å². The summed E-state index contributed by atoms with van der Waals surface area (Å²) in [6.45, 7) is 6.03. The van der Waals surface area contributed by atoms with Crippen molar-refractivity contribution in [1.29, 1.82) is 0 Å². The largest absolute Gasteiger partial charge is 0.321 e. The minimum Gasteiger partial charge on any atom is -0.321 e. The Labute approximate surface area is 153 Å². The molecule has 2 aromatic carbocycles. The number of hydrogen-bond donors (Lipinski definition) is 1. The number of benzene rings is 2. The van der Waals surface area contributed by atoms with E-state index in [2.05, 4.69) is 77.8 Å². The summed E-state index contributed by atoms with van der Waals surface area (Å²) < 4.78 is 0. The van der Waals surface area contributed by atoms with Crippen LogP contribution in [-0.4, -0.2) is 49.4 Å². The van der Waals surface area contributed by atoms with Crippen molar-refractivity contribution in [2.24, 2.45) is 0 Å². The zero-order chi connectivity index (χ0) is 17.2. The second kappa shape index (κ2) is 7.35. The molecule has 2 aliphatic rings. The number of anilines is 2. The highest BCUT2D eigenvalue weighted by Crippen LogP contribution is 2.48. The van der Waals surface area contributed by atoms with Crippen molar-refractivity contribution < 1.29 is 4.94 Å². The van der Waals surface area contributed by atoms with Crippen molar-refractivity contribution in [1.82, 2.24) is 15.4 Å². The van der Waals surface area contributed by atoms with E-state index in [1.54, 1.807) is 0 Å². The summed E-state index contributed by atoms with van der Waals surface area (Å²) in [6.07, 6.45) is 0.0165. The zero-order valence-electron chi connectivity index (χ0n) is 14.7. The highest BCUT2D eigenvalue weighted by atomic mass is 32.2. The Kier molecular flexibility index (Phi) is 4.96. The van der Waals surface area contributed by atoms with Crippen LogP contribution in [-0.2, 0) is 4.94 Å². The van der Waals surface area contributed by atoms with E-state index >= 15 is 0 Å². The van der Waals surface area contributed by atoms with Gasteiger partial charge in [0.2, 0.25) is 0 Å². The molecule has 5 nitrogen and oxygen atoms in total. The molecule has 6 heteroatoms. The van der Waals surface area contributed by atoms with E-state index in [4.69, 9.17) is 4.94 Å². The predicted octanol–water partition coefficient (Wildman–Crippen LogP) is 3.32. The van der Waals surface area contributed by atoms with E-state index in [-0.39, 0.29) is 6.17 Å². The first kappa shape index (κ1) is 16.9. The average Bonchev–Trinajstić information content (AvgIpc) is 2.65. The standard InChI is InChI=1S/C19H24N4OS/c1-15(20-24-22-13-11-21(2)12-14-22)23-16-7-3-5-9-18(16)25-19-10-6-4-8-17(19)23/h3-10,15,20H,11-14H2,1-2H3. The number of para-hydroxylation sites is 2. The maximum atomic E-state index is 5.88. The third kappa shape index (κ3) is 3.54. The maximum Gasteiger partial charge on any atom is 0.106 e. The fourth-order valence-corrected chi connectivity index (χ4v) is 4.31. The van der Waals surface area contributed by atoms with Gasteiger partial charge in [-0.1, -0.05) is 36.0 Å². The number of nitrogens with zero attached hydrogens (tertiary/aromatic N) is 3. The van der Waals surface area contributed by atoms with Gasteiger partial charge in [0.15, 0.2) is 0 Å². The Hall–Kier alpha value is -1.57. The highest BCUT2D eigenvalue weighted by molar-refractivity contribution is 7.99. The van der Waals surface area contributed by atoms with E-state index in [1.165, 1.54) is 21.2 Å². The van der Waals surface area contributed by atoms with E-state index in [0.717, 1.165) is 26.2 Å². The fraction of sp³-hybridized carbons (Fsp3) is 0.368. The SMILES string of the molecule is CC(NON1CCN(C)CC1)N1c2ccccc2Sc2ccccc21. The van der Waals surface area contributed by atoms with E-state index in [9.17, 15) is 0 Å². The molecular weight excluding hydrogens is 332 g/mol. The lowest BCUT2D eigenvalue weighted by Crippen LogP contribution is -2.50. The number of rotatable bonds is 4. The van der Waals surface area contributed by atoms with Gasteiger partial charge in [-0.05, 0) is 38.2 Å². The molecule has 0 radical (unpaired) electrons. The van der Waals surface area contributed by atoms with Crippen molar-refractivity contribution in [2.45, 2.75) is 22.9 Å². The number of fused-ring (bicyclic) bond motifs is 2. The number of hydrogen-bond acceptors (Lipinski definition) is 6. The third-order valence-corrected chi connectivity index (χ3v) is 5.80. The first-order chi connectivity index (χ1) is 12.2. The van der Waals surface area contributed by atoms with Gasteiger partial charge in [-0.15, -0.1) is 0 Å². The minimum atomic E-state index is 0.0165. The molecule has 1 fully saturated rings. The fourth-order valence-electron chi connectivity index (χ4n) is 3.23. The summed E-state index contributed by atoms with van der Waals surface area (Å²) in [5, 5.41) is 2.01. The zero-order valence-corrected chi connectivity index (χ0v) is 15.5. The Morgan fingerprint density at radius 3 is 2.08 bits per heavy atom. The highest BCUT2D eigenvalue weighted by Gasteiger charge is 2.27. The summed E-state index contributed by atoms with van der Waals surface area (Å²) in [6, 6.07) is 17.1. The van der Waals surface area contributed by atoms with Gasteiger partial charge in [0.1, 0.15) is 6.17 Å². The smallest absolute Gasteiger partial charge is 0.106 e. The van der Waals surface area contributed by atoms with Crippen LogP contribution in [0.15, 0.2) is 58.3 Å².